The molecule has 0 aromatic heterocycles. The van der Waals surface area contributed by atoms with E-state index in [1.807, 2.05) is 0 Å². The van der Waals surface area contributed by atoms with Crippen molar-refractivity contribution in [2.45, 2.75) is 0 Å². The molecular weight excluding hydrogens is 508 g/mol. The molecule has 0 saturated carbocycles. The minimum atomic E-state index is -0.595. The van der Waals surface area contributed by atoms with Crippen LogP contribution in [-0.4, -0.2) is 39.1 Å². The Morgan fingerprint density at radius 2 is 1.65 bits per heavy atom. The van der Waals surface area contributed by atoms with Crippen LogP contribution in [0, 0.1) is 0 Å². The van der Waals surface area contributed by atoms with Gasteiger partial charge in [-0.05, 0) is 54.6 Å². The van der Waals surface area contributed by atoms with E-state index in [9.17, 15) is 9.59 Å². The quantitative estimate of drug-likeness (QED) is 0.213. The fourth-order valence-electron chi connectivity index (χ4n) is 3.10. The van der Waals surface area contributed by atoms with E-state index in [0.717, 1.165) is 4.47 Å². The molecule has 3 aromatic rings. The lowest BCUT2D eigenvalue weighted by molar-refractivity contribution is 0.0733. The molecule has 34 heavy (non-hydrogen) atoms. The number of carbonyl (C=O) groups excluding carboxylic acids is 2. The van der Waals surface area contributed by atoms with Crippen LogP contribution in [0.5, 0.6) is 28.7 Å². The molecule has 4 rings (SSSR count). The number of hydrogen-bond acceptors (Lipinski definition) is 8. The van der Waals surface area contributed by atoms with Crippen LogP contribution in [0.15, 0.2) is 64.2 Å². The highest BCUT2D eigenvalue weighted by molar-refractivity contribution is 9.10. The fraction of sp³-hybridized carbons (Fsp3) is 0.125. The Kier molecular flexibility index (Phi) is 6.98. The maximum absolute atomic E-state index is 12.7. The van der Waals surface area contributed by atoms with E-state index in [-0.39, 0.29) is 18.1 Å². The topological polar surface area (TPSA) is 105 Å². The molecule has 0 radical (unpaired) electrons. The SMILES string of the molecule is COc1ccc(C(=O)Oc2ccc(Br)cc2C=NNC(=O)c2ccc3c(c2)OCO3)cc1OC. The zero-order chi connectivity index (χ0) is 24.1. The molecule has 0 fully saturated rings. The number of hydrogen-bond donors (Lipinski definition) is 1. The lowest BCUT2D eigenvalue weighted by Crippen LogP contribution is -2.17. The molecule has 1 heterocycles. The van der Waals surface area contributed by atoms with Crippen molar-refractivity contribution in [2.75, 3.05) is 21.0 Å². The number of ether oxygens (including phenoxy) is 5. The Balaban J connectivity index is 1.48. The summed E-state index contributed by atoms with van der Waals surface area (Å²) >= 11 is 3.38. The average Bonchev–Trinajstić information content (AvgIpc) is 3.33. The van der Waals surface area contributed by atoms with Crippen molar-refractivity contribution in [1.82, 2.24) is 5.43 Å². The number of rotatable bonds is 7. The van der Waals surface area contributed by atoms with Gasteiger partial charge in [0.15, 0.2) is 23.0 Å². The Morgan fingerprint density at radius 3 is 2.44 bits per heavy atom. The van der Waals surface area contributed by atoms with Crippen LogP contribution >= 0.6 is 15.9 Å². The summed E-state index contributed by atoms with van der Waals surface area (Å²) in [6.07, 6.45) is 1.38. The zero-order valence-electron chi connectivity index (χ0n) is 18.2. The predicted octanol–water partition coefficient (Wildman–Crippen LogP) is 4.18. The second-order valence-electron chi connectivity index (χ2n) is 6.91. The number of amides is 1. The first kappa shape index (κ1) is 23.1. The number of esters is 1. The number of carbonyl (C=O) groups is 2. The van der Waals surface area contributed by atoms with Gasteiger partial charge in [0.25, 0.3) is 5.91 Å². The fourth-order valence-corrected chi connectivity index (χ4v) is 3.48. The largest absolute Gasteiger partial charge is 0.493 e. The Labute approximate surface area is 203 Å². The van der Waals surface area contributed by atoms with Crippen molar-refractivity contribution < 1.29 is 33.3 Å². The first-order valence-corrected chi connectivity index (χ1v) is 10.7. The van der Waals surface area contributed by atoms with Crippen LogP contribution < -0.4 is 29.1 Å². The summed E-state index contributed by atoms with van der Waals surface area (Å²) in [5.74, 6) is 1.19. The second kappa shape index (κ2) is 10.3. The number of fused-ring (bicyclic) bond motifs is 1. The van der Waals surface area contributed by atoms with Crippen LogP contribution in [0.1, 0.15) is 26.3 Å². The van der Waals surface area contributed by atoms with Crippen molar-refractivity contribution in [2.24, 2.45) is 5.10 Å². The van der Waals surface area contributed by atoms with Gasteiger partial charge in [-0.2, -0.15) is 5.10 Å². The van der Waals surface area contributed by atoms with Gasteiger partial charge in [0.2, 0.25) is 6.79 Å². The molecule has 174 valence electrons. The van der Waals surface area contributed by atoms with Crippen LogP contribution in [-0.2, 0) is 0 Å². The van der Waals surface area contributed by atoms with Gasteiger partial charge < -0.3 is 23.7 Å². The first-order chi connectivity index (χ1) is 16.5. The summed E-state index contributed by atoms with van der Waals surface area (Å²) in [4.78, 5) is 25.1. The van der Waals surface area contributed by atoms with Gasteiger partial charge >= 0.3 is 5.97 Å². The van der Waals surface area contributed by atoms with Gasteiger partial charge in [-0.3, -0.25) is 4.79 Å². The van der Waals surface area contributed by atoms with Gasteiger partial charge in [-0.1, -0.05) is 15.9 Å². The molecule has 0 atom stereocenters. The van der Waals surface area contributed by atoms with Gasteiger partial charge in [0.05, 0.1) is 26.0 Å². The first-order valence-electron chi connectivity index (χ1n) is 9.95. The maximum Gasteiger partial charge on any atom is 0.343 e. The molecule has 0 aliphatic carbocycles. The van der Waals surface area contributed by atoms with E-state index in [4.69, 9.17) is 23.7 Å². The standard InChI is InChI=1S/C24H19BrN2O7/c1-30-19-6-4-15(11-21(19)31-2)24(29)34-18-8-5-17(25)9-16(18)12-26-27-23(28)14-3-7-20-22(10-14)33-13-32-20/h3-12H,13H2,1-2H3,(H,27,28). The summed E-state index contributed by atoms with van der Waals surface area (Å²) in [5.41, 5.74) is 3.55. The van der Waals surface area contributed by atoms with Crippen molar-refractivity contribution >= 4 is 34.0 Å². The highest BCUT2D eigenvalue weighted by Crippen LogP contribution is 2.32. The smallest absolute Gasteiger partial charge is 0.343 e. The summed E-state index contributed by atoms with van der Waals surface area (Å²) < 4.78 is 27.3. The number of hydrazone groups is 1. The Hall–Kier alpha value is -4.05. The van der Waals surface area contributed by atoms with Gasteiger partial charge in [-0.15, -0.1) is 0 Å². The molecule has 3 aromatic carbocycles. The second-order valence-corrected chi connectivity index (χ2v) is 7.82. The molecule has 0 unspecified atom stereocenters. The molecule has 0 spiro atoms. The number of nitrogens with zero attached hydrogens (tertiary/aromatic N) is 1. The molecule has 1 aliphatic heterocycles. The number of benzene rings is 3. The van der Waals surface area contributed by atoms with Gasteiger partial charge in [0, 0.05) is 15.6 Å². The Morgan fingerprint density at radius 1 is 0.912 bits per heavy atom. The van der Waals surface area contributed by atoms with Crippen LogP contribution in [0.25, 0.3) is 0 Å². The monoisotopic (exact) mass is 526 g/mol. The summed E-state index contributed by atoms with van der Waals surface area (Å²) in [5, 5.41) is 4.00. The minimum absolute atomic E-state index is 0.117. The van der Waals surface area contributed by atoms with Gasteiger partial charge in [0.1, 0.15) is 5.75 Å². The number of nitrogens with one attached hydrogen (secondary N) is 1. The third-order valence-electron chi connectivity index (χ3n) is 4.80. The van der Waals surface area contributed by atoms with E-state index in [2.05, 4.69) is 26.5 Å². The average molecular weight is 527 g/mol. The van der Waals surface area contributed by atoms with Crippen molar-refractivity contribution in [3.8, 4) is 28.7 Å². The predicted molar refractivity (Wildman–Crippen MR) is 126 cm³/mol. The van der Waals surface area contributed by atoms with Crippen molar-refractivity contribution in [3.63, 3.8) is 0 Å². The van der Waals surface area contributed by atoms with E-state index >= 15 is 0 Å². The zero-order valence-corrected chi connectivity index (χ0v) is 19.7. The number of halogens is 1. The molecule has 9 nitrogen and oxygen atoms in total. The number of methoxy groups -OCH3 is 2. The highest BCUT2D eigenvalue weighted by atomic mass is 79.9. The van der Waals surface area contributed by atoms with Crippen LogP contribution in [0.4, 0.5) is 0 Å². The summed E-state index contributed by atoms with van der Waals surface area (Å²) in [6, 6.07) is 14.6. The lowest BCUT2D eigenvalue weighted by atomic mass is 10.2. The molecule has 1 aliphatic rings. The van der Waals surface area contributed by atoms with Crippen LogP contribution in [0.2, 0.25) is 0 Å². The third kappa shape index (κ3) is 5.12. The highest BCUT2D eigenvalue weighted by Gasteiger charge is 2.17. The van der Waals surface area contributed by atoms with Crippen molar-refractivity contribution in [3.05, 3.63) is 75.8 Å². The normalized spacial score (nSPS) is 11.9. The maximum atomic E-state index is 12.7. The van der Waals surface area contributed by atoms with E-state index < -0.39 is 11.9 Å². The molecule has 0 bridgehead atoms. The molecule has 10 heteroatoms. The van der Waals surface area contributed by atoms with E-state index in [1.54, 1.807) is 48.5 Å². The molecular formula is C24H19BrN2O7. The van der Waals surface area contributed by atoms with E-state index in [0.29, 0.717) is 34.1 Å². The molecule has 1 amide bonds. The lowest BCUT2D eigenvalue weighted by Gasteiger charge is -2.11. The van der Waals surface area contributed by atoms with Gasteiger partial charge in [-0.25, -0.2) is 10.2 Å². The molecule has 1 N–H and O–H groups in total. The Bertz CT molecular complexity index is 1280. The van der Waals surface area contributed by atoms with Crippen molar-refractivity contribution in [1.29, 1.82) is 0 Å². The summed E-state index contributed by atoms with van der Waals surface area (Å²) in [6.45, 7) is 0.117. The molecule has 0 saturated heterocycles. The third-order valence-corrected chi connectivity index (χ3v) is 5.29. The van der Waals surface area contributed by atoms with E-state index in [1.165, 1.54) is 26.5 Å². The summed E-state index contributed by atoms with van der Waals surface area (Å²) in [7, 11) is 2.99. The minimum Gasteiger partial charge on any atom is -0.493 e. The van der Waals surface area contributed by atoms with Crippen LogP contribution in [0.3, 0.4) is 0 Å².